The van der Waals surface area contributed by atoms with Crippen LogP contribution in [0, 0.1) is 5.95 Å². The van der Waals surface area contributed by atoms with Crippen molar-refractivity contribution in [2.45, 2.75) is 25.6 Å². The molecule has 4 aromatic rings. The smallest absolute Gasteiger partial charge is 0.348 e. The first-order valence-electron chi connectivity index (χ1n) is 9.91. The Morgan fingerprint density at radius 1 is 1.34 bits per heavy atom. The number of hydrogen-bond acceptors (Lipinski definition) is 8. The molecule has 0 aliphatic carbocycles. The lowest BCUT2D eigenvalue weighted by Crippen LogP contribution is -2.32. The minimum Gasteiger partial charge on any atom is -0.465 e. The third kappa shape index (κ3) is 3.80. The molecule has 164 valence electrons. The molecule has 0 radical (unpaired) electrons. The Morgan fingerprint density at radius 2 is 2.19 bits per heavy atom. The molecule has 0 unspecified atom stereocenters. The van der Waals surface area contributed by atoms with Crippen LogP contribution >= 0.6 is 11.3 Å². The van der Waals surface area contributed by atoms with Gasteiger partial charge in [-0.05, 0) is 24.6 Å². The van der Waals surface area contributed by atoms with E-state index >= 15 is 0 Å². The number of carbonyl (C=O) groups is 1. The molecule has 0 bridgehead atoms. The molecule has 1 atom stereocenters. The van der Waals surface area contributed by atoms with Crippen LogP contribution in [0.3, 0.4) is 0 Å². The summed E-state index contributed by atoms with van der Waals surface area (Å²) in [6.45, 7) is 1.41. The van der Waals surface area contributed by atoms with Gasteiger partial charge < -0.3 is 14.0 Å². The molecule has 1 saturated heterocycles. The summed E-state index contributed by atoms with van der Waals surface area (Å²) >= 11 is 1.23. The molecule has 0 spiro atoms. The number of aromatic nitrogens is 5. The van der Waals surface area contributed by atoms with Gasteiger partial charge >= 0.3 is 5.97 Å². The van der Waals surface area contributed by atoms with Crippen LogP contribution < -0.4 is 5.56 Å². The third-order valence-corrected chi connectivity index (χ3v) is 6.26. The van der Waals surface area contributed by atoms with Crippen molar-refractivity contribution in [3.05, 3.63) is 63.5 Å². The van der Waals surface area contributed by atoms with E-state index in [2.05, 4.69) is 15.1 Å². The number of pyridine rings is 1. The van der Waals surface area contributed by atoms with Crippen LogP contribution in [0.1, 0.15) is 21.9 Å². The second kappa shape index (κ2) is 8.24. The average Bonchev–Trinajstić information content (AvgIpc) is 3.29. The van der Waals surface area contributed by atoms with Crippen LogP contribution in [0.5, 0.6) is 0 Å². The van der Waals surface area contributed by atoms with E-state index in [-0.39, 0.29) is 18.2 Å². The molecule has 1 aliphatic heterocycles. The highest BCUT2D eigenvalue weighted by Gasteiger charge is 2.24. The fourth-order valence-corrected chi connectivity index (χ4v) is 4.49. The Kier molecular flexibility index (Phi) is 5.27. The average molecular weight is 455 g/mol. The summed E-state index contributed by atoms with van der Waals surface area (Å²) in [5.74, 6) is -0.414. The van der Waals surface area contributed by atoms with Crippen molar-refractivity contribution >= 4 is 27.7 Å². The largest absolute Gasteiger partial charge is 0.465 e. The first-order chi connectivity index (χ1) is 15.5. The molecule has 32 heavy (non-hydrogen) atoms. The lowest BCUT2D eigenvalue weighted by Gasteiger charge is -2.27. The number of nitrogens with zero attached hydrogens (tertiary/aromatic N) is 5. The molecule has 0 amide bonds. The number of fused-ring (bicyclic) bond motifs is 1. The molecule has 5 rings (SSSR count). The van der Waals surface area contributed by atoms with Crippen LogP contribution in [-0.2, 0) is 22.6 Å². The predicted molar refractivity (Wildman–Crippen MR) is 114 cm³/mol. The molecular formula is C21H18FN5O4S. The highest BCUT2D eigenvalue weighted by molar-refractivity contribution is 7.20. The van der Waals surface area contributed by atoms with Gasteiger partial charge in [-0.1, -0.05) is 6.07 Å². The molecular weight excluding hydrogens is 437 g/mol. The quantitative estimate of drug-likeness (QED) is 0.325. The Bertz CT molecular complexity index is 1370. The number of imidazole rings is 1. The SMILES string of the molecule is COC(=O)c1cc2c(nc(Cn3ncc(-c4cccc(F)n4)cc3=O)n2C[C@@H]2CCO2)s1. The summed E-state index contributed by atoms with van der Waals surface area (Å²) in [7, 11) is 1.34. The minimum atomic E-state index is -0.627. The summed E-state index contributed by atoms with van der Waals surface area (Å²) in [5, 5.41) is 4.23. The van der Waals surface area contributed by atoms with E-state index in [1.807, 2.05) is 4.57 Å². The van der Waals surface area contributed by atoms with Crippen molar-refractivity contribution < 1.29 is 18.7 Å². The number of esters is 1. The fraction of sp³-hybridized carbons (Fsp3) is 0.286. The molecule has 5 heterocycles. The highest BCUT2D eigenvalue weighted by Crippen LogP contribution is 2.29. The van der Waals surface area contributed by atoms with Gasteiger partial charge in [-0.2, -0.15) is 9.49 Å². The first kappa shape index (κ1) is 20.5. The Labute approximate surface area is 185 Å². The lowest BCUT2D eigenvalue weighted by molar-refractivity contribution is -0.0590. The zero-order valence-electron chi connectivity index (χ0n) is 17.0. The molecule has 1 fully saturated rings. The van der Waals surface area contributed by atoms with Gasteiger partial charge in [0, 0.05) is 18.2 Å². The van der Waals surface area contributed by atoms with E-state index in [1.54, 1.807) is 12.1 Å². The Balaban J connectivity index is 1.49. The zero-order chi connectivity index (χ0) is 22.2. The fourth-order valence-electron chi connectivity index (χ4n) is 3.52. The van der Waals surface area contributed by atoms with Crippen molar-refractivity contribution in [1.29, 1.82) is 0 Å². The van der Waals surface area contributed by atoms with Crippen LogP contribution in [-0.4, -0.2) is 50.1 Å². The molecule has 11 heteroatoms. The Morgan fingerprint density at radius 3 is 2.88 bits per heavy atom. The number of thiophene rings is 1. The summed E-state index contributed by atoms with van der Waals surface area (Å²) in [5.41, 5.74) is 1.19. The van der Waals surface area contributed by atoms with E-state index in [0.29, 0.717) is 39.9 Å². The zero-order valence-corrected chi connectivity index (χ0v) is 17.8. The van der Waals surface area contributed by atoms with E-state index in [4.69, 9.17) is 9.47 Å². The summed E-state index contributed by atoms with van der Waals surface area (Å²) in [6.07, 6.45) is 2.46. The number of rotatable bonds is 6. The number of carbonyl (C=O) groups excluding carboxylic acids is 1. The van der Waals surface area contributed by atoms with Crippen LogP contribution in [0.15, 0.2) is 41.3 Å². The van der Waals surface area contributed by atoms with Crippen LogP contribution in [0.4, 0.5) is 4.39 Å². The molecule has 0 aromatic carbocycles. The van der Waals surface area contributed by atoms with E-state index < -0.39 is 11.9 Å². The van der Waals surface area contributed by atoms with Gasteiger partial charge in [0.25, 0.3) is 5.56 Å². The number of ether oxygens (including phenoxy) is 2. The van der Waals surface area contributed by atoms with Gasteiger partial charge in [-0.15, -0.1) is 11.3 Å². The predicted octanol–water partition coefficient (Wildman–Crippen LogP) is 2.48. The van der Waals surface area contributed by atoms with Crippen molar-refractivity contribution in [2.75, 3.05) is 13.7 Å². The monoisotopic (exact) mass is 455 g/mol. The molecule has 0 N–H and O–H groups in total. The van der Waals surface area contributed by atoms with Gasteiger partial charge in [0.2, 0.25) is 5.95 Å². The second-order valence-corrected chi connectivity index (χ2v) is 8.33. The van der Waals surface area contributed by atoms with Gasteiger partial charge in [0.1, 0.15) is 22.1 Å². The summed E-state index contributed by atoms with van der Waals surface area (Å²) in [6, 6.07) is 7.49. The molecule has 9 nitrogen and oxygen atoms in total. The first-order valence-corrected chi connectivity index (χ1v) is 10.7. The topological polar surface area (TPSA) is 101 Å². The number of hydrogen-bond donors (Lipinski definition) is 0. The second-order valence-electron chi connectivity index (χ2n) is 7.30. The number of methoxy groups -OCH3 is 1. The van der Waals surface area contributed by atoms with Crippen molar-refractivity contribution in [1.82, 2.24) is 24.3 Å². The third-order valence-electron chi connectivity index (χ3n) is 5.26. The van der Waals surface area contributed by atoms with E-state index in [0.717, 1.165) is 11.9 Å². The van der Waals surface area contributed by atoms with E-state index in [9.17, 15) is 14.0 Å². The highest BCUT2D eigenvalue weighted by atomic mass is 32.1. The minimum absolute atomic E-state index is 0.0544. The summed E-state index contributed by atoms with van der Waals surface area (Å²) in [4.78, 5) is 34.2. The van der Waals surface area contributed by atoms with Crippen molar-refractivity contribution in [3.8, 4) is 11.3 Å². The van der Waals surface area contributed by atoms with Gasteiger partial charge in [0.05, 0.1) is 37.2 Å². The molecule has 1 aliphatic rings. The number of halogens is 1. The molecule has 0 saturated carbocycles. The van der Waals surface area contributed by atoms with Gasteiger partial charge in [-0.25, -0.2) is 19.4 Å². The Hall–Kier alpha value is -3.44. The van der Waals surface area contributed by atoms with Crippen LogP contribution in [0.2, 0.25) is 0 Å². The van der Waals surface area contributed by atoms with Gasteiger partial charge in [0.15, 0.2) is 0 Å². The maximum Gasteiger partial charge on any atom is 0.348 e. The molecule has 4 aromatic heterocycles. The van der Waals surface area contributed by atoms with Crippen molar-refractivity contribution in [3.63, 3.8) is 0 Å². The normalized spacial score (nSPS) is 15.6. The van der Waals surface area contributed by atoms with Gasteiger partial charge in [-0.3, -0.25) is 4.79 Å². The summed E-state index contributed by atoms with van der Waals surface area (Å²) < 4.78 is 27.0. The van der Waals surface area contributed by atoms with Crippen molar-refractivity contribution in [2.24, 2.45) is 0 Å². The maximum absolute atomic E-state index is 13.4. The standard InChI is InChI=1S/C21H18FN5O4S/c1-30-21(29)16-8-15-20(32-16)25-18(26(15)10-13-5-6-31-13)11-27-19(28)7-12(9-23-27)14-3-2-4-17(22)24-14/h2-4,7-9,13H,5-6,10-11H2,1H3/t13-/m0/s1. The van der Waals surface area contributed by atoms with E-state index in [1.165, 1.54) is 47.5 Å². The van der Waals surface area contributed by atoms with Crippen LogP contribution in [0.25, 0.3) is 21.6 Å². The maximum atomic E-state index is 13.4. The lowest BCUT2D eigenvalue weighted by atomic mass is 10.2.